The maximum absolute atomic E-state index is 12.7. The normalized spacial score (nSPS) is 12.1. The van der Waals surface area contributed by atoms with Gasteiger partial charge in [-0.25, -0.2) is 14.8 Å². The van der Waals surface area contributed by atoms with Gasteiger partial charge in [0.25, 0.3) is 0 Å². The van der Waals surface area contributed by atoms with Crippen molar-refractivity contribution in [2.75, 3.05) is 18.6 Å². The van der Waals surface area contributed by atoms with E-state index in [9.17, 15) is 9.36 Å². The minimum absolute atomic E-state index is 0.0132. The van der Waals surface area contributed by atoms with Gasteiger partial charge in [0.1, 0.15) is 0 Å². The quantitative estimate of drug-likeness (QED) is 0.220. The summed E-state index contributed by atoms with van der Waals surface area (Å²) < 4.78 is 22.6. The minimum atomic E-state index is -3.67. The molecule has 1 unspecified atom stereocenters. The van der Waals surface area contributed by atoms with Gasteiger partial charge in [-0.1, -0.05) is 18.2 Å². The van der Waals surface area contributed by atoms with Gasteiger partial charge in [0, 0.05) is 0 Å². The molecule has 0 aromatic heterocycles. The molecule has 0 radical (unpaired) electrons. The van der Waals surface area contributed by atoms with Crippen molar-refractivity contribution in [2.45, 2.75) is 13.8 Å². The number of hydrazine groups is 2. The summed E-state index contributed by atoms with van der Waals surface area (Å²) in [5.41, 5.74) is 10.8. The lowest BCUT2D eigenvalue weighted by Crippen LogP contribution is -2.48. The summed E-state index contributed by atoms with van der Waals surface area (Å²) in [5.74, 6) is 0. The summed E-state index contributed by atoms with van der Waals surface area (Å²) in [7, 11) is -3.67. The van der Waals surface area contributed by atoms with Gasteiger partial charge in [-0.05, 0) is 50.4 Å². The summed E-state index contributed by atoms with van der Waals surface area (Å²) in [6.07, 6.45) is -0.736. The Balaban J connectivity index is 2.53. The third kappa shape index (κ3) is 8.81. The molecule has 0 saturated heterocycles. The zero-order chi connectivity index (χ0) is 19.4. The molecule has 0 spiro atoms. The van der Waals surface area contributed by atoms with Gasteiger partial charge < -0.3 is 4.74 Å². The molecule has 0 saturated carbocycles. The minimum Gasteiger partial charge on any atom is -0.449 e. The molecule has 0 bridgehead atoms. The number of thiocarbonyl (C=S) groups is 2. The second-order valence-corrected chi connectivity index (χ2v) is 7.06. The molecule has 26 heavy (non-hydrogen) atoms. The van der Waals surface area contributed by atoms with Crippen LogP contribution in [0.2, 0.25) is 0 Å². The Morgan fingerprint density at radius 3 is 2.19 bits per heavy atom. The Hall–Kier alpha value is -2.14. The molecule has 0 aliphatic heterocycles. The van der Waals surface area contributed by atoms with Crippen LogP contribution in [0.3, 0.4) is 0 Å². The molecular formula is C13H21N6O4PS2. The largest absolute Gasteiger partial charge is 0.449 e. The third-order valence-electron chi connectivity index (χ3n) is 2.46. The van der Waals surface area contributed by atoms with E-state index in [0.717, 1.165) is 5.69 Å². The summed E-state index contributed by atoms with van der Waals surface area (Å²) in [5, 5.41) is 4.82. The molecule has 1 aromatic carbocycles. The standard InChI is InChI=1S/C13H21N6O4PS2/c1-3-22-13(20)17-16-12(26)19-24(21,23-4-2)18-11(25)15-14-10-8-6-5-7-9-10/h5-9,14H,3-4H2,1-2H3,(H,17,20)(H4,15,16,18,19,21,25,26). The predicted molar refractivity (Wildman–Crippen MR) is 107 cm³/mol. The number of amides is 1. The Morgan fingerprint density at radius 1 is 1.00 bits per heavy atom. The highest BCUT2D eigenvalue weighted by Crippen LogP contribution is 2.36. The van der Waals surface area contributed by atoms with Crippen LogP contribution in [0, 0.1) is 0 Å². The van der Waals surface area contributed by atoms with Gasteiger partial charge in [-0.15, -0.1) is 0 Å². The van der Waals surface area contributed by atoms with Crippen LogP contribution in [0.5, 0.6) is 0 Å². The van der Waals surface area contributed by atoms with Crippen LogP contribution in [0.15, 0.2) is 30.3 Å². The van der Waals surface area contributed by atoms with E-state index in [1.807, 2.05) is 30.3 Å². The fourth-order valence-electron chi connectivity index (χ4n) is 1.52. The molecule has 1 rings (SSSR count). The van der Waals surface area contributed by atoms with E-state index in [0.29, 0.717) is 0 Å². The second-order valence-electron chi connectivity index (χ2n) is 4.44. The molecule has 0 heterocycles. The number of nitrogens with one attached hydrogen (secondary N) is 6. The fraction of sp³-hybridized carbons (Fsp3) is 0.308. The van der Waals surface area contributed by atoms with E-state index in [2.05, 4.69) is 36.6 Å². The Labute approximate surface area is 162 Å². The van der Waals surface area contributed by atoms with Crippen molar-refractivity contribution in [3.8, 4) is 0 Å². The highest BCUT2D eigenvalue weighted by molar-refractivity contribution is 7.82. The number of hydrogen-bond donors (Lipinski definition) is 6. The molecule has 1 aromatic rings. The van der Waals surface area contributed by atoms with Crippen molar-refractivity contribution in [2.24, 2.45) is 0 Å². The molecule has 10 nitrogen and oxygen atoms in total. The van der Waals surface area contributed by atoms with E-state index in [4.69, 9.17) is 29.0 Å². The van der Waals surface area contributed by atoms with E-state index < -0.39 is 13.8 Å². The second kappa shape index (κ2) is 11.5. The zero-order valence-electron chi connectivity index (χ0n) is 14.2. The highest BCUT2D eigenvalue weighted by Gasteiger charge is 2.25. The molecule has 13 heteroatoms. The van der Waals surface area contributed by atoms with Crippen molar-refractivity contribution >= 4 is 54.1 Å². The van der Waals surface area contributed by atoms with Gasteiger partial charge in [0.2, 0.25) is 0 Å². The topological polar surface area (TPSA) is 125 Å². The number of anilines is 1. The molecule has 0 fully saturated rings. The maximum atomic E-state index is 12.7. The third-order valence-corrected chi connectivity index (χ3v) is 4.82. The van der Waals surface area contributed by atoms with Gasteiger partial charge in [-0.3, -0.25) is 31.0 Å². The number of carbonyl (C=O) groups excluding carboxylic acids is 1. The number of hydrogen-bond acceptors (Lipinski definition) is 7. The number of rotatable bonds is 7. The molecule has 0 aliphatic carbocycles. The Bertz CT molecular complexity index is 663. The fourth-order valence-corrected chi connectivity index (χ4v) is 3.54. The van der Waals surface area contributed by atoms with Crippen molar-refractivity contribution in [3.05, 3.63) is 30.3 Å². The zero-order valence-corrected chi connectivity index (χ0v) is 16.7. The van der Waals surface area contributed by atoms with Crippen LogP contribution in [0.25, 0.3) is 0 Å². The Kier molecular flexibility index (Phi) is 9.66. The van der Waals surface area contributed by atoms with Crippen molar-refractivity contribution < 1.29 is 18.6 Å². The first-order chi connectivity index (χ1) is 12.4. The smallest absolute Gasteiger partial charge is 0.425 e. The lowest BCUT2D eigenvalue weighted by molar-refractivity contribution is 0.150. The van der Waals surface area contributed by atoms with Gasteiger partial charge >= 0.3 is 13.8 Å². The molecule has 0 aliphatic rings. The van der Waals surface area contributed by atoms with E-state index in [1.54, 1.807) is 13.8 Å². The summed E-state index contributed by atoms with van der Waals surface area (Å²) in [4.78, 5) is 11.2. The molecule has 1 atom stereocenters. The number of carbonyl (C=O) groups is 1. The molecule has 144 valence electrons. The molecule has 1 amide bonds. The van der Waals surface area contributed by atoms with Crippen LogP contribution >= 0.6 is 32.1 Å². The van der Waals surface area contributed by atoms with Crippen molar-refractivity contribution in [1.82, 2.24) is 26.5 Å². The molecule has 6 N–H and O–H groups in total. The van der Waals surface area contributed by atoms with Crippen LogP contribution in [-0.4, -0.2) is 29.5 Å². The summed E-state index contributed by atoms with van der Waals surface area (Å²) in [6.45, 7) is 3.63. The summed E-state index contributed by atoms with van der Waals surface area (Å²) >= 11 is 10.0. The van der Waals surface area contributed by atoms with E-state index in [1.165, 1.54) is 0 Å². The highest BCUT2D eigenvalue weighted by atomic mass is 32.1. The van der Waals surface area contributed by atoms with Crippen LogP contribution in [0.1, 0.15) is 13.8 Å². The SMILES string of the molecule is CCOC(=O)NNC(=S)NP(=O)(NC(=S)NNc1ccccc1)OCC. The lowest BCUT2D eigenvalue weighted by atomic mass is 10.3. The Morgan fingerprint density at radius 2 is 1.62 bits per heavy atom. The average Bonchev–Trinajstić information content (AvgIpc) is 2.59. The van der Waals surface area contributed by atoms with Gasteiger partial charge in [-0.2, -0.15) is 0 Å². The van der Waals surface area contributed by atoms with E-state index >= 15 is 0 Å². The molecular weight excluding hydrogens is 399 g/mol. The number of benzene rings is 1. The first-order valence-electron chi connectivity index (χ1n) is 7.53. The lowest BCUT2D eigenvalue weighted by Gasteiger charge is -2.23. The number of ether oxygens (including phenoxy) is 1. The monoisotopic (exact) mass is 420 g/mol. The first kappa shape index (κ1) is 21.9. The maximum Gasteiger partial charge on any atom is 0.425 e. The summed E-state index contributed by atoms with van der Waals surface area (Å²) in [6, 6.07) is 9.18. The first-order valence-corrected chi connectivity index (χ1v) is 9.97. The number of para-hydroxylation sites is 1. The van der Waals surface area contributed by atoms with Crippen LogP contribution in [0.4, 0.5) is 10.5 Å². The van der Waals surface area contributed by atoms with Gasteiger partial charge in [0.05, 0.1) is 18.9 Å². The van der Waals surface area contributed by atoms with Crippen LogP contribution in [-0.2, 0) is 13.8 Å². The van der Waals surface area contributed by atoms with Crippen molar-refractivity contribution in [3.63, 3.8) is 0 Å². The van der Waals surface area contributed by atoms with Crippen molar-refractivity contribution in [1.29, 1.82) is 0 Å². The average molecular weight is 420 g/mol. The predicted octanol–water partition coefficient (Wildman–Crippen LogP) is 1.75. The van der Waals surface area contributed by atoms with Gasteiger partial charge in [0.15, 0.2) is 10.2 Å². The van der Waals surface area contributed by atoms with Crippen LogP contribution < -0.4 is 31.9 Å². The van der Waals surface area contributed by atoms with E-state index in [-0.39, 0.29) is 23.4 Å².